The van der Waals surface area contributed by atoms with Crippen molar-refractivity contribution in [2.75, 3.05) is 6.61 Å². The fraction of sp³-hybridized carbons (Fsp3) is 0.833. The number of halogens is 1. The lowest BCUT2D eigenvalue weighted by Crippen LogP contribution is -2.64. The van der Waals surface area contributed by atoms with Crippen LogP contribution in [0, 0.1) is 0 Å². The number of hydrogen-bond donors (Lipinski definition) is 1. The number of alkyl carbamates (subject to hydrolysis) is 1. The maximum Gasteiger partial charge on any atom is 0.408 e. The van der Waals surface area contributed by atoms with Gasteiger partial charge in [-0.1, -0.05) is 0 Å². The van der Waals surface area contributed by atoms with Gasteiger partial charge < -0.3 is 14.8 Å². The Bertz CT molecular complexity index is 331. The topological polar surface area (TPSA) is 64.6 Å². The van der Waals surface area contributed by atoms with Crippen molar-refractivity contribution in [3.8, 4) is 0 Å². The third kappa shape index (κ3) is 3.58. The Labute approximate surface area is 106 Å². The molecule has 0 aromatic rings. The molecular formula is C12H20FNO4. The first-order valence-corrected chi connectivity index (χ1v) is 6.01. The molecule has 1 aliphatic carbocycles. The first-order valence-electron chi connectivity index (χ1n) is 6.01. The van der Waals surface area contributed by atoms with Crippen LogP contribution in [0.4, 0.5) is 9.18 Å². The summed E-state index contributed by atoms with van der Waals surface area (Å²) in [5.74, 6) is -0.607. The van der Waals surface area contributed by atoms with E-state index in [1.165, 1.54) is 0 Å². The van der Waals surface area contributed by atoms with Crippen LogP contribution in [0.3, 0.4) is 0 Å². The summed E-state index contributed by atoms with van der Waals surface area (Å²) < 4.78 is 22.9. The molecule has 0 saturated heterocycles. The Morgan fingerprint density at radius 1 is 1.39 bits per heavy atom. The second kappa shape index (κ2) is 5.12. The lowest BCUT2D eigenvalue weighted by Gasteiger charge is -2.42. The van der Waals surface area contributed by atoms with E-state index in [0.717, 1.165) is 0 Å². The fourth-order valence-electron chi connectivity index (χ4n) is 1.78. The maximum absolute atomic E-state index is 13.0. The van der Waals surface area contributed by atoms with Crippen LogP contribution in [-0.2, 0) is 14.3 Å². The van der Waals surface area contributed by atoms with Gasteiger partial charge in [-0.15, -0.1) is 0 Å². The van der Waals surface area contributed by atoms with Gasteiger partial charge in [-0.2, -0.15) is 0 Å². The molecule has 5 nitrogen and oxygen atoms in total. The second-order valence-corrected chi connectivity index (χ2v) is 5.43. The molecule has 0 bridgehead atoms. The van der Waals surface area contributed by atoms with Gasteiger partial charge in [0, 0.05) is 12.8 Å². The van der Waals surface area contributed by atoms with Crippen molar-refractivity contribution in [1.29, 1.82) is 0 Å². The molecule has 1 saturated carbocycles. The highest BCUT2D eigenvalue weighted by atomic mass is 19.1. The summed E-state index contributed by atoms with van der Waals surface area (Å²) in [6.07, 6.45) is -1.96. The SMILES string of the molecule is CCOC(=O)[C@]1(NC(=O)OC(C)(C)C)C[C@H](F)C1. The lowest BCUT2D eigenvalue weighted by molar-refractivity contribution is -0.158. The number of carbonyl (C=O) groups is 2. The van der Waals surface area contributed by atoms with Crippen molar-refractivity contribution in [1.82, 2.24) is 5.32 Å². The molecular weight excluding hydrogens is 241 g/mol. The maximum atomic E-state index is 13.0. The number of alkyl halides is 1. The Balaban J connectivity index is 2.64. The van der Waals surface area contributed by atoms with Gasteiger partial charge in [-0.05, 0) is 27.7 Å². The van der Waals surface area contributed by atoms with Gasteiger partial charge in [0.05, 0.1) is 6.61 Å². The molecule has 1 fully saturated rings. The third-order valence-electron chi connectivity index (χ3n) is 2.55. The molecule has 1 rings (SSSR count). The number of nitrogens with one attached hydrogen (secondary N) is 1. The van der Waals surface area contributed by atoms with Crippen molar-refractivity contribution in [2.24, 2.45) is 0 Å². The number of carbonyl (C=O) groups excluding carboxylic acids is 2. The monoisotopic (exact) mass is 261 g/mol. The molecule has 0 atom stereocenters. The number of rotatable bonds is 3. The summed E-state index contributed by atoms with van der Waals surface area (Å²) in [4.78, 5) is 23.4. The van der Waals surface area contributed by atoms with E-state index in [1.54, 1.807) is 27.7 Å². The van der Waals surface area contributed by atoms with Gasteiger partial charge in [0.15, 0.2) is 0 Å². The van der Waals surface area contributed by atoms with E-state index in [2.05, 4.69) is 5.32 Å². The van der Waals surface area contributed by atoms with Crippen molar-refractivity contribution in [2.45, 2.75) is 57.8 Å². The van der Waals surface area contributed by atoms with E-state index < -0.39 is 29.4 Å². The summed E-state index contributed by atoms with van der Waals surface area (Å²) in [7, 11) is 0. The standard InChI is InChI=1S/C12H20FNO4/c1-5-17-9(15)12(6-8(13)7-12)14-10(16)18-11(2,3)4/h8H,5-7H2,1-4H3,(H,14,16)/t8-,12-. The molecule has 0 aliphatic heterocycles. The molecule has 18 heavy (non-hydrogen) atoms. The lowest BCUT2D eigenvalue weighted by atomic mass is 9.75. The highest BCUT2D eigenvalue weighted by molar-refractivity contribution is 5.87. The zero-order valence-electron chi connectivity index (χ0n) is 11.2. The molecule has 0 aromatic carbocycles. The van der Waals surface area contributed by atoms with Crippen LogP contribution in [0.2, 0.25) is 0 Å². The molecule has 1 aliphatic rings. The average molecular weight is 261 g/mol. The van der Waals surface area contributed by atoms with Gasteiger partial charge in [0.25, 0.3) is 0 Å². The molecule has 1 N–H and O–H groups in total. The summed E-state index contributed by atoms with van der Waals surface area (Å²) in [6, 6.07) is 0. The number of esters is 1. The first kappa shape index (κ1) is 14.7. The normalized spacial score (nSPS) is 27.1. The zero-order valence-corrected chi connectivity index (χ0v) is 11.2. The smallest absolute Gasteiger partial charge is 0.408 e. The number of ether oxygens (including phenoxy) is 2. The quantitative estimate of drug-likeness (QED) is 0.789. The highest BCUT2D eigenvalue weighted by Gasteiger charge is 2.53. The molecule has 0 radical (unpaired) electrons. The van der Waals surface area contributed by atoms with Crippen LogP contribution in [0.25, 0.3) is 0 Å². The van der Waals surface area contributed by atoms with Crippen LogP contribution < -0.4 is 5.32 Å². The van der Waals surface area contributed by atoms with E-state index in [0.29, 0.717) is 0 Å². The Morgan fingerprint density at radius 3 is 2.33 bits per heavy atom. The van der Waals surface area contributed by atoms with Crippen LogP contribution in [0.5, 0.6) is 0 Å². The Kier molecular flexibility index (Phi) is 4.19. The second-order valence-electron chi connectivity index (χ2n) is 5.43. The molecule has 104 valence electrons. The van der Waals surface area contributed by atoms with Gasteiger partial charge in [-0.3, -0.25) is 0 Å². The average Bonchev–Trinajstić information content (AvgIpc) is 2.11. The van der Waals surface area contributed by atoms with Crippen molar-refractivity contribution < 1.29 is 23.5 Å². The van der Waals surface area contributed by atoms with Crippen LogP contribution in [0.15, 0.2) is 0 Å². The van der Waals surface area contributed by atoms with E-state index in [1.807, 2.05) is 0 Å². The molecule has 1 amide bonds. The zero-order chi connectivity index (χ0) is 14.0. The minimum Gasteiger partial charge on any atom is -0.464 e. The van der Waals surface area contributed by atoms with Gasteiger partial charge >= 0.3 is 12.1 Å². The minimum atomic E-state index is -1.27. The van der Waals surface area contributed by atoms with Crippen molar-refractivity contribution in [3.05, 3.63) is 0 Å². The van der Waals surface area contributed by atoms with E-state index in [9.17, 15) is 14.0 Å². The third-order valence-corrected chi connectivity index (χ3v) is 2.55. The minimum absolute atomic E-state index is 0.0644. The summed E-state index contributed by atoms with van der Waals surface area (Å²) in [6.45, 7) is 6.98. The molecule has 0 aromatic heterocycles. The number of amides is 1. The predicted octanol–water partition coefficient (Wildman–Crippen LogP) is 1.94. The summed E-state index contributed by atoms with van der Waals surface area (Å²) >= 11 is 0. The van der Waals surface area contributed by atoms with Gasteiger partial charge in [0.1, 0.15) is 17.3 Å². The van der Waals surface area contributed by atoms with Crippen molar-refractivity contribution >= 4 is 12.1 Å². The van der Waals surface area contributed by atoms with E-state index in [4.69, 9.17) is 9.47 Å². The first-order chi connectivity index (χ1) is 8.18. The largest absolute Gasteiger partial charge is 0.464 e. The number of hydrogen-bond acceptors (Lipinski definition) is 4. The Hall–Kier alpha value is -1.33. The van der Waals surface area contributed by atoms with Crippen LogP contribution in [0.1, 0.15) is 40.5 Å². The predicted molar refractivity (Wildman–Crippen MR) is 62.9 cm³/mol. The Morgan fingerprint density at radius 2 is 1.94 bits per heavy atom. The van der Waals surface area contributed by atoms with E-state index in [-0.39, 0.29) is 19.4 Å². The van der Waals surface area contributed by atoms with E-state index >= 15 is 0 Å². The van der Waals surface area contributed by atoms with Crippen LogP contribution in [-0.4, -0.2) is 36.0 Å². The highest BCUT2D eigenvalue weighted by Crippen LogP contribution is 2.36. The molecule has 0 heterocycles. The van der Waals surface area contributed by atoms with Gasteiger partial charge in [-0.25, -0.2) is 14.0 Å². The molecule has 0 spiro atoms. The molecule has 0 unspecified atom stereocenters. The molecule has 6 heteroatoms. The summed E-state index contributed by atoms with van der Waals surface area (Å²) in [5, 5.41) is 2.43. The summed E-state index contributed by atoms with van der Waals surface area (Å²) in [5.41, 5.74) is -1.93. The van der Waals surface area contributed by atoms with Gasteiger partial charge in [0.2, 0.25) is 0 Å². The van der Waals surface area contributed by atoms with Crippen LogP contribution >= 0.6 is 0 Å². The van der Waals surface area contributed by atoms with Crippen molar-refractivity contribution in [3.63, 3.8) is 0 Å². The fourth-order valence-corrected chi connectivity index (χ4v) is 1.78.